The Morgan fingerprint density at radius 2 is 2.06 bits per heavy atom. The Morgan fingerprint density at radius 3 is 2.59 bits per heavy atom. The molecule has 0 atom stereocenters. The third kappa shape index (κ3) is 4.31. The lowest BCUT2D eigenvalue weighted by atomic mass is 10.2. The molecule has 1 aromatic carbocycles. The second kappa shape index (κ2) is 6.74. The number of urea groups is 1. The molecule has 1 rings (SSSR count). The van der Waals surface area contributed by atoms with Crippen LogP contribution in [0.5, 0.6) is 0 Å². The summed E-state index contributed by atoms with van der Waals surface area (Å²) in [7, 11) is 0. The molecular formula is C14H20N2O. The molecule has 0 heterocycles. The number of rotatable bonds is 5. The lowest BCUT2D eigenvalue weighted by Crippen LogP contribution is -2.43. The summed E-state index contributed by atoms with van der Waals surface area (Å²) in [5.41, 5.74) is 1.10. The number of nitrogens with zero attached hydrogens (tertiary/aromatic N) is 1. The molecule has 0 saturated heterocycles. The van der Waals surface area contributed by atoms with Crippen molar-refractivity contribution in [2.45, 2.75) is 26.4 Å². The van der Waals surface area contributed by atoms with E-state index in [0.717, 1.165) is 5.56 Å². The largest absolute Gasteiger partial charge is 0.334 e. The molecule has 0 fully saturated rings. The maximum atomic E-state index is 11.9. The van der Waals surface area contributed by atoms with Gasteiger partial charge >= 0.3 is 6.03 Å². The third-order valence-electron chi connectivity index (χ3n) is 2.50. The van der Waals surface area contributed by atoms with E-state index >= 15 is 0 Å². The first kappa shape index (κ1) is 13.3. The van der Waals surface area contributed by atoms with Crippen LogP contribution < -0.4 is 5.32 Å². The zero-order chi connectivity index (χ0) is 12.7. The van der Waals surface area contributed by atoms with Gasteiger partial charge in [-0.1, -0.05) is 36.4 Å². The van der Waals surface area contributed by atoms with Crippen LogP contribution in [0.3, 0.4) is 0 Å². The van der Waals surface area contributed by atoms with E-state index in [9.17, 15) is 4.79 Å². The molecule has 0 bridgehead atoms. The Kier molecular flexibility index (Phi) is 5.27. The molecule has 0 radical (unpaired) electrons. The van der Waals surface area contributed by atoms with Crippen molar-refractivity contribution in [3.8, 4) is 0 Å². The van der Waals surface area contributed by atoms with Crippen LogP contribution in [-0.4, -0.2) is 23.5 Å². The highest BCUT2D eigenvalue weighted by molar-refractivity contribution is 5.74. The lowest BCUT2D eigenvalue weighted by molar-refractivity contribution is 0.190. The van der Waals surface area contributed by atoms with Crippen LogP contribution in [-0.2, 0) is 6.54 Å². The van der Waals surface area contributed by atoms with Crippen molar-refractivity contribution >= 4 is 6.03 Å². The molecule has 3 heteroatoms. The Labute approximate surface area is 103 Å². The molecule has 3 nitrogen and oxygen atoms in total. The number of carbonyl (C=O) groups is 1. The lowest BCUT2D eigenvalue weighted by Gasteiger charge is -2.25. The summed E-state index contributed by atoms with van der Waals surface area (Å²) in [5.74, 6) is 0. The van der Waals surface area contributed by atoms with E-state index in [2.05, 4.69) is 11.9 Å². The maximum Gasteiger partial charge on any atom is 0.318 e. The molecule has 0 aromatic heterocycles. The summed E-state index contributed by atoms with van der Waals surface area (Å²) in [4.78, 5) is 13.7. The van der Waals surface area contributed by atoms with Gasteiger partial charge in [0, 0.05) is 19.1 Å². The van der Waals surface area contributed by atoms with E-state index in [1.54, 1.807) is 11.0 Å². The van der Waals surface area contributed by atoms with Gasteiger partial charge in [-0.3, -0.25) is 0 Å². The highest BCUT2D eigenvalue weighted by Crippen LogP contribution is 2.01. The summed E-state index contributed by atoms with van der Waals surface area (Å²) in [6.07, 6.45) is 1.74. The third-order valence-corrected chi connectivity index (χ3v) is 2.50. The van der Waals surface area contributed by atoms with Crippen LogP contribution in [0.2, 0.25) is 0 Å². The van der Waals surface area contributed by atoms with E-state index in [1.165, 1.54) is 0 Å². The quantitative estimate of drug-likeness (QED) is 0.778. The van der Waals surface area contributed by atoms with Crippen molar-refractivity contribution in [3.05, 3.63) is 48.6 Å². The first-order valence-electron chi connectivity index (χ1n) is 5.84. The minimum Gasteiger partial charge on any atom is -0.334 e. The zero-order valence-electron chi connectivity index (χ0n) is 10.5. The van der Waals surface area contributed by atoms with Gasteiger partial charge in [0.05, 0.1) is 0 Å². The van der Waals surface area contributed by atoms with Crippen molar-refractivity contribution in [1.82, 2.24) is 10.2 Å². The van der Waals surface area contributed by atoms with Gasteiger partial charge in [0.15, 0.2) is 0 Å². The topological polar surface area (TPSA) is 32.3 Å². The molecule has 1 N–H and O–H groups in total. The number of nitrogens with one attached hydrogen (secondary N) is 1. The fourth-order valence-corrected chi connectivity index (χ4v) is 1.54. The zero-order valence-corrected chi connectivity index (χ0v) is 10.5. The highest BCUT2D eigenvalue weighted by Gasteiger charge is 2.14. The minimum atomic E-state index is -0.0521. The minimum absolute atomic E-state index is 0.0521. The smallest absolute Gasteiger partial charge is 0.318 e. The summed E-state index contributed by atoms with van der Waals surface area (Å²) in [6, 6.07) is 9.99. The molecule has 17 heavy (non-hydrogen) atoms. The summed E-state index contributed by atoms with van der Waals surface area (Å²) in [6.45, 7) is 8.77. The number of hydrogen-bond donors (Lipinski definition) is 1. The second-order valence-corrected chi connectivity index (χ2v) is 4.18. The van der Waals surface area contributed by atoms with Crippen molar-refractivity contribution in [2.24, 2.45) is 0 Å². The van der Waals surface area contributed by atoms with Crippen molar-refractivity contribution in [3.63, 3.8) is 0 Å². The summed E-state index contributed by atoms with van der Waals surface area (Å²) >= 11 is 0. The van der Waals surface area contributed by atoms with Crippen LogP contribution in [0.25, 0.3) is 0 Å². The number of amides is 2. The maximum absolute atomic E-state index is 11.9. The SMILES string of the molecule is C=CCN(C(=O)NCc1ccccc1)C(C)C. The summed E-state index contributed by atoms with van der Waals surface area (Å²) in [5, 5.41) is 2.90. The fraction of sp³-hybridized carbons (Fsp3) is 0.357. The fourth-order valence-electron chi connectivity index (χ4n) is 1.54. The predicted molar refractivity (Wildman–Crippen MR) is 70.7 cm³/mol. The molecule has 0 aliphatic heterocycles. The van der Waals surface area contributed by atoms with Crippen molar-refractivity contribution in [2.75, 3.05) is 6.54 Å². The van der Waals surface area contributed by atoms with E-state index in [4.69, 9.17) is 0 Å². The second-order valence-electron chi connectivity index (χ2n) is 4.18. The van der Waals surface area contributed by atoms with Gasteiger partial charge < -0.3 is 10.2 Å². The van der Waals surface area contributed by atoms with Crippen LogP contribution in [0.4, 0.5) is 4.79 Å². The molecule has 0 unspecified atom stereocenters. The average Bonchev–Trinajstić information content (AvgIpc) is 2.34. The molecule has 1 aromatic rings. The van der Waals surface area contributed by atoms with Crippen molar-refractivity contribution in [1.29, 1.82) is 0 Å². The molecule has 0 spiro atoms. The number of carbonyl (C=O) groups excluding carboxylic acids is 1. The molecule has 0 aliphatic rings. The Bertz CT molecular complexity index is 360. The molecule has 92 valence electrons. The predicted octanol–water partition coefficient (Wildman–Crippen LogP) is 2.79. The standard InChI is InChI=1S/C14H20N2O/c1-4-10-16(12(2)3)14(17)15-11-13-8-6-5-7-9-13/h4-9,12H,1,10-11H2,2-3H3,(H,15,17). The molecule has 0 saturated carbocycles. The van der Waals surface area contributed by atoms with E-state index in [1.807, 2.05) is 44.2 Å². The summed E-state index contributed by atoms with van der Waals surface area (Å²) < 4.78 is 0. The molecular weight excluding hydrogens is 212 g/mol. The van der Waals surface area contributed by atoms with E-state index in [-0.39, 0.29) is 12.1 Å². The van der Waals surface area contributed by atoms with Gasteiger partial charge in [-0.25, -0.2) is 4.79 Å². The average molecular weight is 232 g/mol. The van der Waals surface area contributed by atoms with Gasteiger partial charge in [-0.05, 0) is 19.4 Å². The monoisotopic (exact) mass is 232 g/mol. The highest BCUT2D eigenvalue weighted by atomic mass is 16.2. The van der Waals surface area contributed by atoms with Gasteiger partial charge in [0.2, 0.25) is 0 Å². The van der Waals surface area contributed by atoms with Crippen LogP contribution >= 0.6 is 0 Å². The van der Waals surface area contributed by atoms with Crippen LogP contribution in [0, 0.1) is 0 Å². The molecule has 2 amide bonds. The first-order valence-corrected chi connectivity index (χ1v) is 5.84. The Morgan fingerprint density at radius 1 is 1.41 bits per heavy atom. The van der Waals surface area contributed by atoms with E-state index < -0.39 is 0 Å². The Balaban J connectivity index is 2.50. The van der Waals surface area contributed by atoms with Gasteiger partial charge in [-0.2, -0.15) is 0 Å². The van der Waals surface area contributed by atoms with E-state index in [0.29, 0.717) is 13.1 Å². The number of benzene rings is 1. The number of hydrogen-bond acceptors (Lipinski definition) is 1. The van der Waals surface area contributed by atoms with Crippen LogP contribution in [0.1, 0.15) is 19.4 Å². The van der Waals surface area contributed by atoms with Gasteiger partial charge in [0.25, 0.3) is 0 Å². The molecule has 0 aliphatic carbocycles. The first-order chi connectivity index (χ1) is 8.15. The van der Waals surface area contributed by atoms with Crippen LogP contribution in [0.15, 0.2) is 43.0 Å². The normalized spacial score (nSPS) is 10.1. The Hall–Kier alpha value is -1.77. The van der Waals surface area contributed by atoms with Crippen molar-refractivity contribution < 1.29 is 4.79 Å². The van der Waals surface area contributed by atoms with Gasteiger partial charge in [-0.15, -0.1) is 6.58 Å². The van der Waals surface area contributed by atoms with Gasteiger partial charge in [0.1, 0.15) is 0 Å².